The van der Waals surface area contributed by atoms with Crippen LogP contribution in [-0.2, 0) is 0 Å². The monoisotopic (exact) mass is 228 g/mol. The third kappa shape index (κ3) is 1.35. The minimum atomic E-state index is -0.0162. The van der Waals surface area contributed by atoms with Crippen LogP contribution in [0.1, 0.15) is 0 Å². The van der Waals surface area contributed by atoms with Crippen LogP contribution in [0.5, 0.6) is 0 Å². The molecule has 2 aromatic heterocycles. The van der Waals surface area contributed by atoms with Crippen molar-refractivity contribution in [3.63, 3.8) is 0 Å². The third-order valence-corrected chi connectivity index (χ3v) is 3.20. The van der Waals surface area contributed by atoms with Crippen molar-refractivity contribution >= 4 is 16.3 Å². The summed E-state index contributed by atoms with van der Waals surface area (Å²) in [6.07, 6.45) is 3.39. The molecule has 1 aromatic carbocycles. The van der Waals surface area contributed by atoms with Crippen LogP contribution in [0.4, 0.5) is 0 Å². The molecule has 0 saturated heterocycles. The van der Waals surface area contributed by atoms with Crippen molar-refractivity contribution in [1.29, 1.82) is 0 Å². The van der Waals surface area contributed by atoms with Gasteiger partial charge in [-0.3, -0.25) is 9.20 Å². The van der Waals surface area contributed by atoms with E-state index >= 15 is 0 Å². The molecule has 0 aliphatic heterocycles. The van der Waals surface area contributed by atoms with E-state index in [0.717, 1.165) is 10.5 Å². The topological polar surface area (TPSA) is 34.4 Å². The molecular weight excluding hydrogens is 220 g/mol. The molecule has 0 fully saturated rings. The van der Waals surface area contributed by atoms with Gasteiger partial charge in [-0.2, -0.15) is 0 Å². The molecule has 78 valence electrons. The molecular formula is C12H8N2OS. The van der Waals surface area contributed by atoms with Crippen LogP contribution in [-0.4, -0.2) is 9.38 Å². The molecule has 0 radical (unpaired) electrons. The van der Waals surface area contributed by atoms with Gasteiger partial charge in [-0.25, -0.2) is 4.98 Å². The second kappa shape index (κ2) is 3.57. The second-order valence-corrected chi connectivity index (χ2v) is 4.27. The summed E-state index contributed by atoms with van der Waals surface area (Å²) in [6, 6.07) is 9.58. The lowest BCUT2D eigenvalue weighted by Crippen LogP contribution is -2.14. The number of aromatic nitrogens is 2. The summed E-state index contributed by atoms with van der Waals surface area (Å²) >= 11 is 1.46. The van der Waals surface area contributed by atoms with Crippen molar-refractivity contribution in [3.8, 4) is 11.1 Å². The Bertz CT molecular complexity index is 685. The van der Waals surface area contributed by atoms with Crippen LogP contribution in [0, 0.1) is 0 Å². The number of nitrogens with zero attached hydrogens (tertiary/aromatic N) is 2. The Labute approximate surface area is 95.6 Å². The van der Waals surface area contributed by atoms with Gasteiger partial charge in [-0.15, -0.1) is 11.3 Å². The molecule has 0 N–H and O–H groups in total. The standard InChI is InChI=1S/C12H8N2OS/c15-11-10(9-4-2-1-3-5-9)8-13-12-14(11)6-7-16-12/h1-8H. The summed E-state index contributed by atoms with van der Waals surface area (Å²) in [7, 11) is 0. The zero-order valence-electron chi connectivity index (χ0n) is 8.33. The number of hydrogen-bond acceptors (Lipinski definition) is 3. The lowest BCUT2D eigenvalue weighted by atomic mass is 10.1. The number of fused-ring (bicyclic) bond motifs is 1. The van der Waals surface area contributed by atoms with E-state index in [1.165, 1.54) is 11.3 Å². The Kier molecular flexibility index (Phi) is 2.08. The van der Waals surface area contributed by atoms with E-state index in [-0.39, 0.29) is 5.56 Å². The van der Waals surface area contributed by atoms with E-state index < -0.39 is 0 Å². The number of benzene rings is 1. The minimum absolute atomic E-state index is 0.0162. The highest BCUT2D eigenvalue weighted by atomic mass is 32.1. The zero-order chi connectivity index (χ0) is 11.0. The fourth-order valence-electron chi connectivity index (χ4n) is 1.64. The predicted molar refractivity (Wildman–Crippen MR) is 64.8 cm³/mol. The smallest absolute Gasteiger partial charge is 0.266 e. The largest absolute Gasteiger partial charge is 0.268 e. The van der Waals surface area contributed by atoms with Crippen LogP contribution in [0.3, 0.4) is 0 Å². The van der Waals surface area contributed by atoms with Crippen LogP contribution >= 0.6 is 11.3 Å². The van der Waals surface area contributed by atoms with E-state index in [1.807, 2.05) is 35.7 Å². The van der Waals surface area contributed by atoms with Crippen molar-refractivity contribution in [2.24, 2.45) is 0 Å². The summed E-state index contributed by atoms with van der Waals surface area (Å²) in [4.78, 5) is 17.1. The van der Waals surface area contributed by atoms with E-state index in [1.54, 1.807) is 16.8 Å². The maximum Gasteiger partial charge on any atom is 0.266 e. The molecule has 0 aliphatic carbocycles. The molecule has 0 bridgehead atoms. The first kappa shape index (κ1) is 9.30. The van der Waals surface area contributed by atoms with Gasteiger partial charge in [0.15, 0.2) is 4.96 Å². The van der Waals surface area contributed by atoms with Gasteiger partial charge < -0.3 is 0 Å². The van der Waals surface area contributed by atoms with Crippen LogP contribution in [0.15, 0.2) is 52.9 Å². The van der Waals surface area contributed by atoms with Crippen LogP contribution in [0.25, 0.3) is 16.1 Å². The Hall–Kier alpha value is -1.94. The number of thiazole rings is 1. The van der Waals surface area contributed by atoms with Crippen molar-refractivity contribution in [3.05, 3.63) is 58.5 Å². The molecule has 16 heavy (non-hydrogen) atoms. The molecule has 0 atom stereocenters. The van der Waals surface area contributed by atoms with Gasteiger partial charge >= 0.3 is 0 Å². The average molecular weight is 228 g/mol. The van der Waals surface area contributed by atoms with Gasteiger partial charge in [0.05, 0.1) is 5.56 Å². The summed E-state index contributed by atoms with van der Waals surface area (Å²) < 4.78 is 1.58. The quantitative estimate of drug-likeness (QED) is 0.641. The highest BCUT2D eigenvalue weighted by molar-refractivity contribution is 7.15. The van der Waals surface area contributed by atoms with Crippen molar-refractivity contribution in [1.82, 2.24) is 9.38 Å². The Balaban J connectivity index is 2.33. The third-order valence-electron chi connectivity index (χ3n) is 2.43. The molecule has 0 spiro atoms. The molecule has 3 nitrogen and oxygen atoms in total. The van der Waals surface area contributed by atoms with Gasteiger partial charge in [-0.05, 0) is 5.56 Å². The number of hydrogen-bond donors (Lipinski definition) is 0. The maximum atomic E-state index is 12.1. The minimum Gasteiger partial charge on any atom is -0.268 e. The van der Waals surface area contributed by atoms with Gasteiger partial charge in [0.2, 0.25) is 0 Å². The summed E-state index contributed by atoms with van der Waals surface area (Å²) in [5.74, 6) is 0. The SMILES string of the molecule is O=c1c(-c2ccccc2)cnc2sccn12. The highest BCUT2D eigenvalue weighted by Gasteiger charge is 2.06. The van der Waals surface area contributed by atoms with Crippen molar-refractivity contribution in [2.45, 2.75) is 0 Å². The van der Waals surface area contributed by atoms with Crippen molar-refractivity contribution < 1.29 is 0 Å². The molecule has 3 rings (SSSR count). The molecule has 0 unspecified atom stereocenters. The van der Waals surface area contributed by atoms with E-state index in [2.05, 4.69) is 4.98 Å². The lowest BCUT2D eigenvalue weighted by molar-refractivity contribution is 1.08. The van der Waals surface area contributed by atoms with Gasteiger partial charge in [0, 0.05) is 17.8 Å². The summed E-state index contributed by atoms with van der Waals surface area (Å²) in [5.41, 5.74) is 1.52. The van der Waals surface area contributed by atoms with Crippen molar-refractivity contribution in [2.75, 3.05) is 0 Å². The Morgan fingerprint density at radius 1 is 1.19 bits per heavy atom. The predicted octanol–water partition coefficient (Wildman–Crippen LogP) is 2.42. The summed E-state index contributed by atoms with van der Waals surface area (Å²) in [6.45, 7) is 0. The first-order valence-corrected chi connectivity index (χ1v) is 5.74. The molecule has 3 aromatic rings. The first-order chi connectivity index (χ1) is 7.86. The summed E-state index contributed by atoms with van der Waals surface area (Å²) in [5, 5.41) is 1.86. The Morgan fingerprint density at radius 2 is 2.00 bits per heavy atom. The second-order valence-electron chi connectivity index (χ2n) is 3.40. The fraction of sp³-hybridized carbons (Fsp3) is 0. The van der Waals surface area contributed by atoms with E-state index in [4.69, 9.17) is 0 Å². The zero-order valence-corrected chi connectivity index (χ0v) is 9.15. The van der Waals surface area contributed by atoms with Crippen LogP contribution in [0.2, 0.25) is 0 Å². The normalized spacial score (nSPS) is 10.8. The maximum absolute atomic E-state index is 12.1. The molecule has 0 saturated carbocycles. The average Bonchev–Trinajstić information content (AvgIpc) is 2.80. The first-order valence-electron chi connectivity index (χ1n) is 4.86. The van der Waals surface area contributed by atoms with Gasteiger partial charge in [-0.1, -0.05) is 30.3 Å². The number of rotatable bonds is 1. The van der Waals surface area contributed by atoms with Gasteiger partial charge in [0.25, 0.3) is 5.56 Å². The lowest BCUT2D eigenvalue weighted by Gasteiger charge is -2.00. The molecule has 2 heterocycles. The highest BCUT2D eigenvalue weighted by Crippen LogP contribution is 2.15. The van der Waals surface area contributed by atoms with Gasteiger partial charge in [0.1, 0.15) is 0 Å². The Morgan fingerprint density at radius 3 is 2.81 bits per heavy atom. The van der Waals surface area contributed by atoms with E-state index in [0.29, 0.717) is 5.56 Å². The van der Waals surface area contributed by atoms with Crippen LogP contribution < -0.4 is 5.56 Å². The molecule has 0 amide bonds. The van der Waals surface area contributed by atoms with E-state index in [9.17, 15) is 4.79 Å². The molecule has 0 aliphatic rings. The fourth-order valence-corrected chi connectivity index (χ4v) is 2.32. The molecule has 4 heteroatoms.